The third-order valence-electron chi connectivity index (χ3n) is 2.73. The van der Waals surface area contributed by atoms with Gasteiger partial charge in [-0.1, -0.05) is 42.8 Å². The molecule has 1 nitrogen and oxygen atoms in total. The van der Waals surface area contributed by atoms with Crippen LogP contribution in [0, 0.1) is 5.82 Å². The molecule has 2 rings (SSSR count). The smallest absolute Gasteiger partial charge is 0.142 e. The molecule has 0 radical (unpaired) electrons. The monoisotopic (exact) mass is 264 g/mol. The standard InChI is InChI=1S/C15H14ClFO/c1-2-11-5-3-7-13(9-11)18-10-12-6-4-8-14(17)15(12)16/h3-9H,2,10H2,1H3. The largest absolute Gasteiger partial charge is 0.489 e. The summed E-state index contributed by atoms with van der Waals surface area (Å²) in [6.07, 6.45) is 0.956. The molecule has 0 spiro atoms. The van der Waals surface area contributed by atoms with Crippen LogP contribution in [0.25, 0.3) is 0 Å². The highest BCUT2D eigenvalue weighted by Crippen LogP contribution is 2.22. The summed E-state index contributed by atoms with van der Waals surface area (Å²) in [5.41, 5.74) is 1.86. The van der Waals surface area contributed by atoms with Crippen LogP contribution in [0.4, 0.5) is 4.39 Å². The SMILES string of the molecule is CCc1cccc(OCc2cccc(F)c2Cl)c1. The number of rotatable bonds is 4. The first-order valence-electron chi connectivity index (χ1n) is 5.85. The van der Waals surface area contributed by atoms with Crippen molar-refractivity contribution in [2.24, 2.45) is 0 Å². The van der Waals surface area contributed by atoms with Crippen molar-refractivity contribution < 1.29 is 9.13 Å². The fraction of sp³-hybridized carbons (Fsp3) is 0.200. The molecule has 2 aromatic rings. The molecule has 0 aliphatic heterocycles. The van der Waals surface area contributed by atoms with E-state index in [0.29, 0.717) is 5.56 Å². The van der Waals surface area contributed by atoms with Crippen molar-refractivity contribution in [3.63, 3.8) is 0 Å². The van der Waals surface area contributed by atoms with Gasteiger partial charge >= 0.3 is 0 Å². The first-order chi connectivity index (χ1) is 8.70. The van der Waals surface area contributed by atoms with Crippen LogP contribution in [0.15, 0.2) is 42.5 Å². The van der Waals surface area contributed by atoms with Gasteiger partial charge in [-0.25, -0.2) is 4.39 Å². The van der Waals surface area contributed by atoms with Gasteiger partial charge in [0.25, 0.3) is 0 Å². The van der Waals surface area contributed by atoms with Gasteiger partial charge in [0, 0.05) is 5.56 Å². The Morgan fingerprint density at radius 3 is 2.72 bits per heavy atom. The molecule has 18 heavy (non-hydrogen) atoms. The second kappa shape index (κ2) is 5.87. The maximum atomic E-state index is 13.2. The Balaban J connectivity index is 2.09. The van der Waals surface area contributed by atoms with Crippen molar-refractivity contribution in [1.82, 2.24) is 0 Å². The quantitative estimate of drug-likeness (QED) is 0.783. The molecule has 0 saturated carbocycles. The van der Waals surface area contributed by atoms with E-state index in [-0.39, 0.29) is 11.6 Å². The summed E-state index contributed by atoms with van der Waals surface area (Å²) in [4.78, 5) is 0. The molecule has 0 saturated heterocycles. The van der Waals surface area contributed by atoms with Crippen molar-refractivity contribution in [1.29, 1.82) is 0 Å². The fourth-order valence-electron chi connectivity index (χ4n) is 1.68. The molecule has 0 aromatic heterocycles. The minimum Gasteiger partial charge on any atom is -0.489 e. The third kappa shape index (κ3) is 3.02. The van der Waals surface area contributed by atoms with Crippen LogP contribution < -0.4 is 4.74 Å². The Labute approximate surface area is 111 Å². The van der Waals surface area contributed by atoms with Crippen molar-refractivity contribution in [3.05, 3.63) is 64.4 Å². The summed E-state index contributed by atoms with van der Waals surface area (Å²) >= 11 is 5.86. The predicted octanol–water partition coefficient (Wildman–Crippen LogP) is 4.62. The molecule has 3 heteroatoms. The second-order valence-electron chi connectivity index (χ2n) is 4.00. The summed E-state index contributed by atoms with van der Waals surface area (Å²) in [6.45, 7) is 2.35. The molecule has 94 valence electrons. The number of benzene rings is 2. The van der Waals surface area contributed by atoms with Crippen LogP contribution in [0.5, 0.6) is 5.75 Å². The van der Waals surface area contributed by atoms with Gasteiger partial charge in [0.05, 0.1) is 5.02 Å². The molecule has 0 aliphatic carbocycles. The highest BCUT2D eigenvalue weighted by molar-refractivity contribution is 6.31. The average molecular weight is 265 g/mol. The zero-order chi connectivity index (χ0) is 13.0. The lowest BCUT2D eigenvalue weighted by Gasteiger charge is -2.09. The van der Waals surface area contributed by atoms with E-state index in [1.807, 2.05) is 24.3 Å². The Bertz CT molecular complexity index is 540. The molecule has 0 bridgehead atoms. The highest BCUT2D eigenvalue weighted by atomic mass is 35.5. The molecular formula is C15H14ClFO. The van der Waals surface area contributed by atoms with E-state index < -0.39 is 5.82 Å². The third-order valence-corrected chi connectivity index (χ3v) is 3.16. The zero-order valence-corrected chi connectivity index (χ0v) is 10.9. The van der Waals surface area contributed by atoms with Crippen molar-refractivity contribution >= 4 is 11.6 Å². The van der Waals surface area contributed by atoms with Gasteiger partial charge in [0.2, 0.25) is 0 Å². The molecule has 0 atom stereocenters. The minimum atomic E-state index is -0.417. The zero-order valence-electron chi connectivity index (χ0n) is 10.1. The van der Waals surface area contributed by atoms with Gasteiger partial charge in [-0.05, 0) is 30.2 Å². The number of hydrogen-bond donors (Lipinski definition) is 0. The van der Waals surface area contributed by atoms with E-state index in [0.717, 1.165) is 12.2 Å². The van der Waals surface area contributed by atoms with Gasteiger partial charge in [-0.15, -0.1) is 0 Å². The second-order valence-corrected chi connectivity index (χ2v) is 4.38. The highest BCUT2D eigenvalue weighted by Gasteiger charge is 2.06. The van der Waals surface area contributed by atoms with Gasteiger partial charge in [-0.3, -0.25) is 0 Å². The van der Waals surface area contributed by atoms with Crippen LogP contribution in [0.3, 0.4) is 0 Å². The van der Waals surface area contributed by atoms with Gasteiger partial charge < -0.3 is 4.74 Å². The Morgan fingerprint density at radius 1 is 1.17 bits per heavy atom. The first-order valence-corrected chi connectivity index (χ1v) is 6.23. The minimum absolute atomic E-state index is 0.129. The number of hydrogen-bond acceptors (Lipinski definition) is 1. The van der Waals surface area contributed by atoms with E-state index in [1.165, 1.54) is 11.6 Å². The molecule has 2 aromatic carbocycles. The van der Waals surface area contributed by atoms with Crippen LogP contribution in [-0.4, -0.2) is 0 Å². The number of ether oxygens (including phenoxy) is 1. The summed E-state index contributed by atoms with van der Waals surface area (Å²) in [7, 11) is 0. The first kappa shape index (κ1) is 12.9. The average Bonchev–Trinajstić information content (AvgIpc) is 2.41. The van der Waals surface area contributed by atoms with E-state index in [9.17, 15) is 4.39 Å². The molecule has 0 aliphatic rings. The van der Waals surface area contributed by atoms with Crippen molar-refractivity contribution in [2.45, 2.75) is 20.0 Å². The Kier molecular flexibility index (Phi) is 4.21. The van der Waals surface area contributed by atoms with E-state index in [1.54, 1.807) is 12.1 Å². The van der Waals surface area contributed by atoms with Crippen LogP contribution in [0.1, 0.15) is 18.1 Å². The maximum absolute atomic E-state index is 13.2. The summed E-state index contributed by atoms with van der Waals surface area (Å²) < 4.78 is 18.9. The summed E-state index contributed by atoms with van der Waals surface area (Å²) in [5, 5.41) is 0.129. The molecule has 0 unspecified atom stereocenters. The van der Waals surface area contributed by atoms with Crippen molar-refractivity contribution in [3.8, 4) is 5.75 Å². The molecule has 0 amide bonds. The van der Waals surface area contributed by atoms with E-state index >= 15 is 0 Å². The molecule has 0 heterocycles. The van der Waals surface area contributed by atoms with E-state index in [4.69, 9.17) is 16.3 Å². The summed E-state index contributed by atoms with van der Waals surface area (Å²) in [5.74, 6) is 0.356. The normalized spacial score (nSPS) is 10.4. The molecule has 0 N–H and O–H groups in total. The van der Waals surface area contributed by atoms with Gasteiger partial charge in [-0.2, -0.15) is 0 Å². The molecule has 0 fully saturated rings. The van der Waals surface area contributed by atoms with Crippen LogP contribution in [-0.2, 0) is 13.0 Å². The molecular weight excluding hydrogens is 251 g/mol. The van der Waals surface area contributed by atoms with Crippen molar-refractivity contribution in [2.75, 3.05) is 0 Å². The topological polar surface area (TPSA) is 9.23 Å². The lowest BCUT2D eigenvalue weighted by Crippen LogP contribution is -1.97. The Morgan fingerprint density at radius 2 is 1.94 bits per heavy atom. The predicted molar refractivity (Wildman–Crippen MR) is 71.6 cm³/mol. The summed E-state index contributed by atoms with van der Waals surface area (Å²) in [6, 6.07) is 12.6. The lowest BCUT2D eigenvalue weighted by molar-refractivity contribution is 0.305. The number of halogens is 2. The lowest BCUT2D eigenvalue weighted by atomic mass is 10.2. The van der Waals surface area contributed by atoms with Crippen LogP contribution >= 0.6 is 11.6 Å². The maximum Gasteiger partial charge on any atom is 0.142 e. The van der Waals surface area contributed by atoms with E-state index in [2.05, 4.69) is 6.92 Å². The number of aryl methyl sites for hydroxylation is 1. The fourth-order valence-corrected chi connectivity index (χ4v) is 1.86. The van der Waals surface area contributed by atoms with Gasteiger partial charge in [0.1, 0.15) is 18.2 Å². The van der Waals surface area contributed by atoms with Crippen LogP contribution in [0.2, 0.25) is 5.02 Å². The van der Waals surface area contributed by atoms with Gasteiger partial charge in [0.15, 0.2) is 0 Å². The Hall–Kier alpha value is -1.54.